The van der Waals surface area contributed by atoms with Gasteiger partial charge in [-0.25, -0.2) is 8.42 Å². The van der Waals surface area contributed by atoms with Crippen LogP contribution in [-0.4, -0.2) is 50.0 Å². The standard InChI is InChI=1S/C27H38ClN3O4S/c1-6-21(4)29-27(33)25(7-2)30(19-22-15-13-20(3)14-16-22)26(32)12-9-17-31(36(5,34)35)24-11-8-10-23(28)18-24/h8,10-11,13-16,18,21,25H,6-7,9,12,17,19H2,1-5H3,(H,29,33)/t21-,25+/m1/s1. The number of hydrogen-bond donors (Lipinski definition) is 1. The molecule has 0 unspecified atom stereocenters. The van der Waals surface area contributed by atoms with Crippen molar-refractivity contribution >= 4 is 39.1 Å². The number of carbonyl (C=O) groups excluding carboxylic acids is 2. The average molecular weight is 536 g/mol. The van der Waals surface area contributed by atoms with Gasteiger partial charge in [-0.3, -0.25) is 13.9 Å². The van der Waals surface area contributed by atoms with Crippen molar-refractivity contribution < 1.29 is 18.0 Å². The highest BCUT2D eigenvalue weighted by atomic mass is 35.5. The van der Waals surface area contributed by atoms with Crippen LogP contribution in [0.2, 0.25) is 5.02 Å². The first-order valence-corrected chi connectivity index (χ1v) is 14.6. The molecule has 0 aliphatic rings. The summed E-state index contributed by atoms with van der Waals surface area (Å²) in [4.78, 5) is 28.1. The van der Waals surface area contributed by atoms with E-state index in [1.54, 1.807) is 29.2 Å². The van der Waals surface area contributed by atoms with Gasteiger partial charge in [0.15, 0.2) is 0 Å². The van der Waals surface area contributed by atoms with E-state index in [1.165, 1.54) is 4.31 Å². The average Bonchev–Trinajstić information content (AvgIpc) is 2.81. The van der Waals surface area contributed by atoms with Gasteiger partial charge >= 0.3 is 0 Å². The molecule has 2 rings (SSSR count). The van der Waals surface area contributed by atoms with E-state index in [0.717, 1.165) is 23.8 Å². The number of aryl methyl sites for hydroxylation is 1. The highest BCUT2D eigenvalue weighted by Gasteiger charge is 2.29. The van der Waals surface area contributed by atoms with Gasteiger partial charge in [-0.05, 0) is 56.9 Å². The van der Waals surface area contributed by atoms with Crippen molar-refractivity contribution in [2.45, 2.75) is 72.0 Å². The van der Waals surface area contributed by atoms with Crippen molar-refractivity contribution in [2.75, 3.05) is 17.1 Å². The highest BCUT2D eigenvalue weighted by molar-refractivity contribution is 7.92. The quantitative estimate of drug-likeness (QED) is 0.394. The van der Waals surface area contributed by atoms with Gasteiger partial charge < -0.3 is 10.2 Å². The van der Waals surface area contributed by atoms with E-state index >= 15 is 0 Å². The SMILES string of the molecule is CC[C@@H](C)NC(=O)[C@H](CC)N(Cc1ccc(C)cc1)C(=O)CCCN(c1cccc(Cl)c1)S(C)(=O)=O. The normalized spacial score (nSPS) is 13.1. The predicted octanol–water partition coefficient (Wildman–Crippen LogP) is 4.92. The summed E-state index contributed by atoms with van der Waals surface area (Å²) in [6, 6.07) is 13.9. The molecule has 36 heavy (non-hydrogen) atoms. The van der Waals surface area contributed by atoms with Crippen LogP contribution in [-0.2, 0) is 26.2 Å². The van der Waals surface area contributed by atoms with Crippen LogP contribution in [0.5, 0.6) is 0 Å². The lowest BCUT2D eigenvalue weighted by Crippen LogP contribution is -2.50. The van der Waals surface area contributed by atoms with E-state index in [4.69, 9.17) is 11.6 Å². The van der Waals surface area contributed by atoms with E-state index in [0.29, 0.717) is 30.1 Å². The first kappa shape index (κ1) is 29.6. The van der Waals surface area contributed by atoms with Crippen molar-refractivity contribution in [3.05, 3.63) is 64.7 Å². The topological polar surface area (TPSA) is 86.8 Å². The minimum absolute atomic E-state index is 0.00360. The van der Waals surface area contributed by atoms with Gasteiger partial charge in [0.2, 0.25) is 21.8 Å². The lowest BCUT2D eigenvalue weighted by Gasteiger charge is -2.32. The molecular weight excluding hydrogens is 498 g/mol. The minimum Gasteiger partial charge on any atom is -0.352 e. The monoisotopic (exact) mass is 535 g/mol. The molecule has 2 amide bonds. The van der Waals surface area contributed by atoms with E-state index in [9.17, 15) is 18.0 Å². The summed E-state index contributed by atoms with van der Waals surface area (Å²) in [5.74, 6) is -0.370. The van der Waals surface area contributed by atoms with Crippen LogP contribution in [0.4, 0.5) is 5.69 Å². The number of nitrogens with one attached hydrogen (secondary N) is 1. The second-order valence-electron chi connectivity index (χ2n) is 9.17. The molecule has 198 valence electrons. The van der Waals surface area contributed by atoms with E-state index in [2.05, 4.69) is 5.32 Å². The third-order valence-corrected chi connectivity index (χ3v) is 7.54. The van der Waals surface area contributed by atoms with Crippen LogP contribution in [0.3, 0.4) is 0 Å². The van der Waals surface area contributed by atoms with Crippen molar-refractivity contribution in [3.8, 4) is 0 Å². The molecule has 0 radical (unpaired) electrons. The maximum atomic E-state index is 13.5. The fourth-order valence-corrected chi connectivity index (χ4v) is 5.03. The molecule has 2 aromatic carbocycles. The summed E-state index contributed by atoms with van der Waals surface area (Å²) >= 11 is 6.06. The van der Waals surface area contributed by atoms with Gasteiger partial charge in [0.1, 0.15) is 6.04 Å². The summed E-state index contributed by atoms with van der Waals surface area (Å²) in [5.41, 5.74) is 2.49. The third kappa shape index (κ3) is 8.82. The molecule has 2 aromatic rings. The molecule has 9 heteroatoms. The second kappa shape index (κ2) is 13.7. The van der Waals surface area contributed by atoms with Crippen LogP contribution in [0.25, 0.3) is 0 Å². The number of halogens is 1. The number of carbonyl (C=O) groups is 2. The zero-order chi connectivity index (χ0) is 26.9. The van der Waals surface area contributed by atoms with E-state index in [1.807, 2.05) is 52.0 Å². The lowest BCUT2D eigenvalue weighted by atomic mass is 10.1. The minimum atomic E-state index is -3.57. The number of rotatable bonds is 13. The van der Waals surface area contributed by atoms with Gasteiger partial charge in [0, 0.05) is 30.6 Å². The van der Waals surface area contributed by atoms with Crippen molar-refractivity contribution in [1.82, 2.24) is 10.2 Å². The number of amides is 2. The molecule has 0 heterocycles. The Labute approximate surface area is 220 Å². The predicted molar refractivity (Wildman–Crippen MR) is 147 cm³/mol. The largest absolute Gasteiger partial charge is 0.352 e. The molecule has 0 aromatic heterocycles. The van der Waals surface area contributed by atoms with Crippen LogP contribution >= 0.6 is 11.6 Å². The van der Waals surface area contributed by atoms with Gasteiger partial charge in [-0.15, -0.1) is 0 Å². The fourth-order valence-electron chi connectivity index (χ4n) is 3.89. The van der Waals surface area contributed by atoms with Crippen molar-refractivity contribution in [1.29, 1.82) is 0 Å². The summed E-state index contributed by atoms with van der Waals surface area (Å²) in [6.45, 7) is 8.24. The molecule has 0 aliphatic heterocycles. The Morgan fingerprint density at radius 1 is 1.06 bits per heavy atom. The molecular formula is C27H38ClN3O4S. The van der Waals surface area contributed by atoms with Gasteiger partial charge in [0.25, 0.3) is 0 Å². The molecule has 1 N–H and O–H groups in total. The van der Waals surface area contributed by atoms with Crippen LogP contribution in [0.1, 0.15) is 57.6 Å². The summed E-state index contributed by atoms with van der Waals surface area (Å²) in [5, 5.41) is 3.43. The summed E-state index contributed by atoms with van der Waals surface area (Å²) < 4.78 is 26.1. The zero-order valence-electron chi connectivity index (χ0n) is 21.8. The Kier molecular flexibility index (Phi) is 11.2. The van der Waals surface area contributed by atoms with Crippen LogP contribution in [0.15, 0.2) is 48.5 Å². The Balaban J connectivity index is 2.22. The Morgan fingerprint density at radius 3 is 2.28 bits per heavy atom. The smallest absolute Gasteiger partial charge is 0.243 e. The van der Waals surface area contributed by atoms with E-state index in [-0.39, 0.29) is 30.8 Å². The molecule has 0 spiro atoms. The Hall–Kier alpha value is -2.58. The van der Waals surface area contributed by atoms with Crippen molar-refractivity contribution in [2.24, 2.45) is 0 Å². The Morgan fingerprint density at radius 2 is 1.72 bits per heavy atom. The van der Waals surface area contributed by atoms with Crippen LogP contribution < -0.4 is 9.62 Å². The van der Waals surface area contributed by atoms with Crippen LogP contribution in [0, 0.1) is 6.92 Å². The first-order chi connectivity index (χ1) is 17.0. The zero-order valence-corrected chi connectivity index (χ0v) is 23.4. The summed E-state index contributed by atoms with van der Waals surface area (Å²) in [7, 11) is -3.57. The number of anilines is 1. The fraction of sp³-hybridized carbons (Fsp3) is 0.481. The maximum Gasteiger partial charge on any atom is 0.243 e. The maximum absolute atomic E-state index is 13.5. The van der Waals surface area contributed by atoms with Gasteiger partial charge in [-0.2, -0.15) is 0 Å². The molecule has 0 saturated carbocycles. The summed E-state index contributed by atoms with van der Waals surface area (Å²) in [6.07, 6.45) is 2.79. The van der Waals surface area contributed by atoms with Crippen molar-refractivity contribution in [3.63, 3.8) is 0 Å². The van der Waals surface area contributed by atoms with Gasteiger partial charge in [-0.1, -0.05) is 61.3 Å². The van der Waals surface area contributed by atoms with E-state index < -0.39 is 16.1 Å². The number of sulfonamides is 1. The molecule has 0 aliphatic carbocycles. The first-order valence-electron chi connectivity index (χ1n) is 12.3. The second-order valence-corrected chi connectivity index (χ2v) is 11.5. The molecule has 7 nitrogen and oxygen atoms in total. The highest BCUT2D eigenvalue weighted by Crippen LogP contribution is 2.23. The number of nitrogens with zero attached hydrogens (tertiary/aromatic N) is 2. The van der Waals surface area contributed by atoms with Gasteiger partial charge in [0.05, 0.1) is 11.9 Å². The Bertz CT molecular complexity index is 1120. The molecule has 0 bridgehead atoms. The molecule has 0 fully saturated rings. The molecule has 0 saturated heterocycles. The lowest BCUT2D eigenvalue weighted by molar-refractivity contribution is -0.141. The third-order valence-electron chi connectivity index (χ3n) is 6.11. The number of hydrogen-bond acceptors (Lipinski definition) is 4. The number of benzene rings is 2. The molecule has 2 atom stereocenters.